The predicted molar refractivity (Wildman–Crippen MR) is 86.0 cm³/mol. The minimum Gasteiger partial charge on any atom is -0.618 e. The highest BCUT2D eigenvalue weighted by molar-refractivity contribution is 5.93. The van der Waals surface area contributed by atoms with Crippen molar-refractivity contribution in [2.24, 2.45) is 0 Å². The van der Waals surface area contributed by atoms with Crippen molar-refractivity contribution in [2.75, 3.05) is 13.7 Å². The number of carbonyl (C=O) groups excluding carboxylic acids is 2. The van der Waals surface area contributed by atoms with Crippen LogP contribution in [0.1, 0.15) is 35.9 Å². The number of carbonyl (C=O) groups is 2. The lowest BCUT2D eigenvalue weighted by Gasteiger charge is -2.12. The van der Waals surface area contributed by atoms with Crippen LogP contribution in [0.3, 0.4) is 0 Å². The van der Waals surface area contributed by atoms with Crippen molar-refractivity contribution in [2.45, 2.75) is 32.5 Å². The fourth-order valence-corrected chi connectivity index (χ4v) is 2.77. The van der Waals surface area contributed by atoms with Crippen LogP contribution in [0.15, 0.2) is 18.2 Å². The zero-order valence-electron chi connectivity index (χ0n) is 14.0. The predicted octanol–water partition coefficient (Wildman–Crippen LogP) is 1.30. The van der Waals surface area contributed by atoms with E-state index in [-0.39, 0.29) is 23.5 Å². The summed E-state index contributed by atoms with van der Waals surface area (Å²) < 4.78 is 16.1. The van der Waals surface area contributed by atoms with E-state index in [1.807, 2.05) is 0 Å². The van der Waals surface area contributed by atoms with Crippen LogP contribution in [0.25, 0.3) is 11.0 Å². The smallest absolute Gasteiger partial charge is 0.335 e. The van der Waals surface area contributed by atoms with E-state index < -0.39 is 17.9 Å². The molecule has 1 saturated heterocycles. The molecule has 0 saturated carbocycles. The van der Waals surface area contributed by atoms with E-state index in [0.29, 0.717) is 29.0 Å². The van der Waals surface area contributed by atoms with Crippen LogP contribution in [-0.4, -0.2) is 36.6 Å². The van der Waals surface area contributed by atoms with Gasteiger partial charge in [-0.3, -0.25) is 4.79 Å². The number of hydrogen-bond acceptors (Lipinski definition) is 7. The summed E-state index contributed by atoms with van der Waals surface area (Å²) in [6, 6.07) is 4.77. The minimum absolute atomic E-state index is 0.117. The summed E-state index contributed by atoms with van der Waals surface area (Å²) in [6.45, 7) is 1.52. The number of esters is 1. The topological polar surface area (TPSA) is 102 Å². The normalized spacial score (nSPS) is 16.8. The van der Waals surface area contributed by atoms with E-state index in [1.165, 1.54) is 20.1 Å². The van der Waals surface area contributed by atoms with Crippen molar-refractivity contribution in [3.8, 4) is 5.75 Å². The molecule has 8 nitrogen and oxygen atoms in total. The molecule has 2 heterocycles. The first-order valence-corrected chi connectivity index (χ1v) is 7.90. The molecule has 0 aliphatic carbocycles. The van der Waals surface area contributed by atoms with Crippen LogP contribution >= 0.6 is 0 Å². The molecule has 25 heavy (non-hydrogen) atoms. The van der Waals surface area contributed by atoms with Crippen molar-refractivity contribution in [3.63, 3.8) is 0 Å². The Hall–Kier alpha value is -2.74. The molecule has 1 aliphatic heterocycles. The van der Waals surface area contributed by atoms with Gasteiger partial charge in [-0.15, -0.1) is 0 Å². The summed E-state index contributed by atoms with van der Waals surface area (Å²) in [5, 5.41) is 12.6. The molecule has 1 aromatic heterocycles. The molecule has 1 atom stereocenters. The molecule has 2 aromatic rings. The third-order valence-corrected chi connectivity index (χ3v) is 4.01. The fraction of sp³-hybridized carbons (Fsp3) is 0.412. The molecule has 0 spiro atoms. The fourth-order valence-electron chi connectivity index (χ4n) is 2.77. The summed E-state index contributed by atoms with van der Waals surface area (Å²) in [7, 11) is 1.48. The number of fused-ring (bicyclic) bond motifs is 1. The quantitative estimate of drug-likeness (QED) is 0.348. The van der Waals surface area contributed by atoms with Crippen molar-refractivity contribution in [3.05, 3.63) is 34.8 Å². The number of rotatable bonds is 5. The highest BCUT2D eigenvalue weighted by Gasteiger charge is 2.28. The largest absolute Gasteiger partial charge is 0.618 e. The lowest BCUT2D eigenvalue weighted by Crippen LogP contribution is -2.37. The van der Waals surface area contributed by atoms with Crippen molar-refractivity contribution in [1.82, 2.24) is 4.98 Å². The second-order valence-corrected chi connectivity index (χ2v) is 5.72. The Balaban J connectivity index is 1.94. The van der Waals surface area contributed by atoms with Gasteiger partial charge in [0.05, 0.1) is 13.2 Å². The van der Waals surface area contributed by atoms with Gasteiger partial charge >= 0.3 is 5.97 Å². The Morgan fingerprint density at radius 2 is 2.24 bits per heavy atom. The van der Waals surface area contributed by atoms with Crippen molar-refractivity contribution in [1.29, 1.82) is 0 Å². The van der Waals surface area contributed by atoms with Crippen LogP contribution in [0.5, 0.6) is 5.75 Å². The molecule has 1 fully saturated rings. The van der Waals surface area contributed by atoms with E-state index in [0.717, 1.165) is 6.42 Å². The minimum atomic E-state index is -0.593. The van der Waals surface area contributed by atoms with E-state index in [2.05, 4.69) is 4.98 Å². The summed E-state index contributed by atoms with van der Waals surface area (Å²) >= 11 is 0. The number of nitrogens with zero attached hydrogens (tertiary/aromatic N) is 2. The molecule has 0 bridgehead atoms. The highest BCUT2D eigenvalue weighted by Crippen LogP contribution is 2.19. The average Bonchev–Trinajstić information content (AvgIpc) is 3.13. The van der Waals surface area contributed by atoms with Crippen molar-refractivity contribution >= 4 is 22.8 Å². The Bertz CT molecular complexity index is 829. The number of ketones is 1. The maximum absolute atomic E-state index is 12.6. The Morgan fingerprint density at radius 1 is 1.44 bits per heavy atom. The Kier molecular flexibility index (Phi) is 4.80. The van der Waals surface area contributed by atoms with Gasteiger partial charge in [-0.1, -0.05) is 0 Å². The second kappa shape index (κ2) is 7.02. The number of Topliss-reactive ketones (excluding diaryl/α,β-unsaturated/α-hetero) is 1. The summed E-state index contributed by atoms with van der Waals surface area (Å²) in [6.07, 6.45) is 0.810. The van der Waals surface area contributed by atoms with Gasteiger partial charge in [-0.2, -0.15) is 4.73 Å². The number of methoxy groups -OCH3 is 1. The first-order valence-electron chi connectivity index (χ1n) is 7.90. The first-order chi connectivity index (χ1) is 12.0. The van der Waals surface area contributed by atoms with E-state index in [9.17, 15) is 14.8 Å². The molecule has 0 radical (unpaired) electrons. The standard InChI is InChI=1S/C17H18N2O6/c1-10(20)16-13(9-25-17(21)15-4-3-7-24-15)18-12-6-5-11(23-2)8-14(12)19(16)22/h5-6,8,15H,3-4,7,9H2,1-2H3. The number of aromatic nitrogens is 2. The maximum Gasteiger partial charge on any atom is 0.335 e. The second-order valence-electron chi connectivity index (χ2n) is 5.72. The number of ether oxygens (including phenoxy) is 3. The molecule has 8 heteroatoms. The maximum atomic E-state index is 12.6. The van der Waals surface area contributed by atoms with Gasteiger partial charge in [0.15, 0.2) is 11.8 Å². The van der Waals surface area contributed by atoms with Crippen LogP contribution in [0.4, 0.5) is 0 Å². The monoisotopic (exact) mass is 346 g/mol. The average molecular weight is 346 g/mol. The Labute approximate surface area is 143 Å². The molecular formula is C17H18N2O6. The zero-order chi connectivity index (χ0) is 18.0. The molecule has 3 rings (SSSR count). The lowest BCUT2D eigenvalue weighted by molar-refractivity contribution is -0.580. The molecular weight excluding hydrogens is 328 g/mol. The first kappa shape index (κ1) is 17.1. The van der Waals surface area contributed by atoms with E-state index in [1.54, 1.807) is 12.1 Å². The molecule has 0 N–H and O–H groups in total. The molecule has 132 valence electrons. The van der Waals surface area contributed by atoms with E-state index >= 15 is 0 Å². The lowest BCUT2D eigenvalue weighted by atomic mass is 10.2. The van der Waals surface area contributed by atoms with Gasteiger partial charge in [0, 0.05) is 13.5 Å². The van der Waals surface area contributed by atoms with Gasteiger partial charge in [-0.05, 0) is 25.0 Å². The van der Waals surface area contributed by atoms with Crippen molar-refractivity contribution < 1.29 is 28.5 Å². The van der Waals surface area contributed by atoms with Gasteiger partial charge in [0.25, 0.3) is 5.69 Å². The van der Waals surface area contributed by atoms with Gasteiger partial charge in [-0.25, -0.2) is 9.78 Å². The van der Waals surface area contributed by atoms with Crippen LogP contribution in [-0.2, 0) is 20.9 Å². The highest BCUT2D eigenvalue weighted by atomic mass is 16.6. The SMILES string of the molecule is COc1ccc2nc(COC(=O)C3CCCO3)c(C(C)=O)[n+]([O-])c2c1. The third kappa shape index (κ3) is 3.39. The van der Waals surface area contributed by atoms with E-state index in [4.69, 9.17) is 14.2 Å². The van der Waals surface area contributed by atoms with Gasteiger partial charge in [0.2, 0.25) is 11.3 Å². The van der Waals surface area contributed by atoms with Gasteiger partial charge < -0.3 is 19.4 Å². The number of hydrogen-bond donors (Lipinski definition) is 0. The summed E-state index contributed by atoms with van der Waals surface area (Å²) in [4.78, 5) is 28.2. The Morgan fingerprint density at radius 3 is 2.88 bits per heavy atom. The van der Waals surface area contributed by atoms with Crippen LogP contribution in [0.2, 0.25) is 0 Å². The molecule has 1 aromatic carbocycles. The number of benzene rings is 1. The summed E-state index contributed by atoms with van der Waals surface area (Å²) in [5.74, 6) is -0.498. The van der Waals surface area contributed by atoms with Crippen LogP contribution < -0.4 is 9.47 Å². The summed E-state index contributed by atoms with van der Waals surface area (Å²) in [5.41, 5.74) is 0.551. The third-order valence-electron chi connectivity index (χ3n) is 4.01. The zero-order valence-corrected chi connectivity index (χ0v) is 14.0. The molecule has 0 amide bonds. The molecule has 1 unspecified atom stereocenters. The van der Waals surface area contributed by atoms with Crippen LogP contribution in [0, 0.1) is 5.21 Å². The van der Waals surface area contributed by atoms with Gasteiger partial charge in [0.1, 0.15) is 17.9 Å². The molecule has 1 aliphatic rings.